The molecule has 0 aromatic carbocycles. The van der Waals surface area contributed by atoms with Gasteiger partial charge in [0.1, 0.15) is 0 Å². The van der Waals surface area contributed by atoms with Gasteiger partial charge in [-0.1, -0.05) is 60.2 Å². The molecular formula is C16H28N2O2S. The van der Waals surface area contributed by atoms with Crippen molar-refractivity contribution >= 4 is 17.7 Å². The van der Waals surface area contributed by atoms with Crippen LogP contribution in [0.4, 0.5) is 0 Å². The van der Waals surface area contributed by atoms with Gasteiger partial charge in [-0.3, -0.25) is 4.79 Å². The van der Waals surface area contributed by atoms with E-state index >= 15 is 0 Å². The van der Waals surface area contributed by atoms with Gasteiger partial charge in [-0.25, -0.2) is 4.98 Å². The summed E-state index contributed by atoms with van der Waals surface area (Å²) in [5.41, 5.74) is 1.27. The van der Waals surface area contributed by atoms with Gasteiger partial charge in [0.15, 0.2) is 5.16 Å². The van der Waals surface area contributed by atoms with E-state index in [1.165, 1.54) is 11.8 Å². The third-order valence-electron chi connectivity index (χ3n) is 4.04. The zero-order valence-electron chi connectivity index (χ0n) is 14.2. The van der Waals surface area contributed by atoms with Crippen molar-refractivity contribution in [3.63, 3.8) is 0 Å². The molecule has 0 radical (unpaired) electrons. The van der Waals surface area contributed by atoms with E-state index in [1.807, 2.05) is 6.20 Å². The predicted molar refractivity (Wildman–Crippen MR) is 87.9 cm³/mol. The first-order chi connectivity index (χ1) is 9.45. The number of carboxylic acid groups (broad SMARTS) is 1. The molecule has 21 heavy (non-hydrogen) atoms. The van der Waals surface area contributed by atoms with Gasteiger partial charge in [-0.2, -0.15) is 0 Å². The predicted octanol–water partition coefficient (Wildman–Crippen LogP) is 4.04. The highest BCUT2D eigenvalue weighted by Crippen LogP contribution is 2.34. The highest BCUT2D eigenvalue weighted by atomic mass is 32.2. The first-order valence-corrected chi connectivity index (χ1v) is 8.34. The summed E-state index contributed by atoms with van der Waals surface area (Å²) in [7, 11) is 0. The molecule has 0 amide bonds. The maximum absolute atomic E-state index is 10.8. The Kier molecular flexibility index (Phi) is 5.53. The van der Waals surface area contributed by atoms with Gasteiger partial charge in [0.05, 0.1) is 5.75 Å². The molecule has 0 aliphatic rings. The van der Waals surface area contributed by atoms with Crippen LogP contribution in [0.3, 0.4) is 0 Å². The average molecular weight is 312 g/mol. The number of carboxylic acids is 1. The van der Waals surface area contributed by atoms with Crippen LogP contribution >= 0.6 is 11.8 Å². The summed E-state index contributed by atoms with van der Waals surface area (Å²) in [6.45, 7) is 16.3. The van der Waals surface area contributed by atoms with Crippen LogP contribution in [0.2, 0.25) is 0 Å². The molecule has 1 N–H and O–H groups in total. The van der Waals surface area contributed by atoms with Gasteiger partial charge >= 0.3 is 5.97 Å². The number of nitrogens with zero attached hydrogens (tertiary/aromatic N) is 2. The van der Waals surface area contributed by atoms with Crippen LogP contribution in [0.1, 0.15) is 54.2 Å². The number of thioether (sulfide) groups is 1. The maximum atomic E-state index is 10.8. The molecule has 0 fully saturated rings. The second kappa shape index (κ2) is 6.42. The van der Waals surface area contributed by atoms with Crippen molar-refractivity contribution in [2.24, 2.45) is 11.3 Å². The lowest BCUT2D eigenvalue weighted by molar-refractivity contribution is -0.133. The number of hydrogen-bond donors (Lipinski definition) is 1. The van der Waals surface area contributed by atoms with Gasteiger partial charge in [-0.15, -0.1) is 0 Å². The first kappa shape index (κ1) is 18.1. The number of aromatic nitrogens is 2. The Hall–Kier alpha value is -0.970. The van der Waals surface area contributed by atoms with Gasteiger partial charge in [0.25, 0.3) is 0 Å². The van der Waals surface area contributed by atoms with Crippen molar-refractivity contribution in [2.75, 3.05) is 5.75 Å². The Bertz CT molecular complexity index is 499. The van der Waals surface area contributed by atoms with E-state index in [9.17, 15) is 4.79 Å². The average Bonchev–Trinajstić information content (AvgIpc) is 2.68. The summed E-state index contributed by atoms with van der Waals surface area (Å²) in [6.07, 6.45) is 1.89. The topological polar surface area (TPSA) is 55.1 Å². The van der Waals surface area contributed by atoms with E-state index < -0.39 is 5.97 Å². The van der Waals surface area contributed by atoms with Crippen molar-refractivity contribution in [3.05, 3.63) is 11.9 Å². The molecule has 1 aromatic heterocycles. The zero-order chi connectivity index (χ0) is 16.4. The van der Waals surface area contributed by atoms with Crippen LogP contribution in [-0.4, -0.2) is 26.4 Å². The summed E-state index contributed by atoms with van der Waals surface area (Å²) in [4.78, 5) is 15.3. The Balaban J connectivity index is 3.17. The van der Waals surface area contributed by atoms with Crippen LogP contribution in [0.15, 0.2) is 11.4 Å². The number of imidazole rings is 1. The summed E-state index contributed by atoms with van der Waals surface area (Å²) >= 11 is 1.30. The SMILES string of the molecule is CC(C)C(C)(C)Cn1c(C(C)(C)C)cnc1SCC(=O)O. The molecule has 0 spiro atoms. The fraction of sp³-hybridized carbons (Fsp3) is 0.750. The molecule has 0 unspecified atom stereocenters. The Morgan fingerprint density at radius 2 is 1.90 bits per heavy atom. The lowest BCUT2D eigenvalue weighted by atomic mass is 9.80. The van der Waals surface area contributed by atoms with Crippen molar-refractivity contribution in [3.8, 4) is 0 Å². The van der Waals surface area contributed by atoms with Crippen LogP contribution in [0.5, 0.6) is 0 Å². The maximum Gasteiger partial charge on any atom is 0.313 e. The van der Waals surface area contributed by atoms with Crippen LogP contribution < -0.4 is 0 Å². The normalized spacial score (nSPS) is 13.0. The zero-order valence-corrected chi connectivity index (χ0v) is 15.0. The van der Waals surface area contributed by atoms with Crippen molar-refractivity contribution in [2.45, 2.75) is 65.6 Å². The van der Waals surface area contributed by atoms with E-state index in [1.54, 1.807) is 0 Å². The molecule has 4 nitrogen and oxygen atoms in total. The van der Waals surface area contributed by atoms with Crippen LogP contribution in [-0.2, 0) is 16.8 Å². The molecule has 120 valence electrons. The summed E-state index contributed by atoms with van der Waals surface area (Å²) in [5.74, 6) is -0.233. The summed E-state index contributed by atoms with van der Waals surface area (Å²) in [5, 5.41) is 9.70. The molecule has 0 atom stereocenters. The summed E-state index contributed by atoms with van der Waals surface area (Å²) in [6, 6.07) is 0. The minimum absolute atomic E-state index is 0.0118. The third kappa shape index (κ3) is 4.77. The largest absolute Gasteiger partial charge is 0.481 e. The molecule has 5 heteroatoms. The molecule has 0 saturated carbocycles. The second-order valence-corrected chi connectivity index (χ2v) is 8.53. The fourth-order valence-corrected chi connectivity index (χ4v) is 2.64. The molecule has 1 aromatic rings. The molecule has 0 saturated heterocycles. The van der Waals surface area contributed by atoms with E-state index in [-0.39, 0.29) is 16.6 Å². The Morgan fingerprint density at radius 1 is 1.33 bits per heavy atom. The molecule has 0 bridgehead atoms. The van der Waals surface area contributed by atoms with E-state index in [0.29, 0.717) is 5.92 Å². The Labute approximate surface area is 132 Å². The lowest BCUT2D eigenvalue weighted by Crippen LogP contribution is -2.29. The standard InChI is InChI=1S/C16H28N2O2S/c1-11(2)16(6,7)10-18-12(15(3,4)5)8-17-14(18)21-9-13(19)20/h8,11H,9-10H2,1-7H3,(H,19,20). The number of aliphatic carboxylic acids is 1. The first-order valence-electron chi connectivity index (χ1n) is 7.35. The van der Waals surface area contributed by atoms with Crippen molar-refractivity contribution in [1.82, 2.24) is 9.55 Å². The second-order valence-electron chi connectivity index (χ2n) is 7.59. The minimum Gasteiger partial charge on any atom is -0.481 e. The smallest absolute Gasteiger partial charge is 0.313 e. The number of hydrogen-bond acceptors (Lipinski definition) is 3. The third-order valence-corrected chi connectivity index (χ3v) is 5.02. The number of carbonyl (C=O) groups is 1. The van der Waals surface area contributed by atoms with E-state index in [0.717, 1.165) is 17.4 Å². The number of rotatable bonds is 6. The van der Waals surface area contributed by atoms with Crippen LogP contribution in [0, 0.1) is 11.3 Å². The van der Waals surface area contributed by atoms with Gasteiger partial charge in [0.2, 0.25) is 0 Å². The van der Waals surface area contributed by atoms with Gasteiger partial charge in [-0.05, 0) is 11.3 Å². The molecule has 0 aliphatic carbocycles. The monoisotopic (exact) mass is 312 g/mol. The fourth-order valence-electron chi connectivity index (χ4n) is 1.94. The van der Waals surface area contributed by atoms with Gasteiger partial charge in [0, 0.05) is 23.9 Å². The van der Waals surface area contributed by atoms with Crippen molar-refractivity contribution < 1.29 is 9.90 Å². The highest BCUT2D eigenvalue weighted by molar-refractivity contribution is 7.99. The Morgan fingerprint density at radius 3 is 2.33 bits per heavy atom. The lowest BCUT2D eigenvalue weighted by Gasteiger charge is -2.33. The quantitative estimate of drug-likeness (QED) is 0.805. The molecular weight excluding hydrogens is 284 g/mol. The van der Waals surface area contributed by atoms with Crippen LogP contribution in [0.25, 0.3) is 0 Å². The van der Waals surface area contributed by atoms with E-state index in [4.69, 9.17) is 5.11 Å². The summed E-state index contributed by atoms with van der Waals surface area (Å²) < 4.78 is 2.20. The van der Waals surface area contributed by atoms with Gasteiger partial charge < -0.3 is 9.67 Å². The molecule has 1 heterocycles. The molecule has 1 rings (SSSR count). The van der Waals surface area contributed by atoms with Crippen molar-refractivity contribution in [1.29, 1.82) is 0 Å². The highest BCUT2D eigenvalue weighted by Gasteiger charge is 2.29. The minimum atomic E-state index is -0.810. The van der Waals surface area contributed by atoms with E-state index in [2.05, 4.69) is 58.0 Å². The molecule has 0 aliphatic heterocycles.